The lowest BCUT2D eigenvalue weighted by molar-refractivity contribution is -0.119. The topological polar surface area (TPSA) is 66.4 Å². The molecule has 4 nitrogen and oxygen atoms in total. The van der Waals surface area contributed by atoms with E-state index < -0.39 is 5.97 Å². The summed E-state index contributed by atoms with van der Waals surface area (Å²) in [5.74, 6) is -0.981. The average molecular weight is 383 g/mol. The van der Waals surface area contributed by atoms with Crippen LogP contribution in [-0.2, 0) is 4.79 Å². The molecule has 3 rings (SSSR count). The Kier molecular flexibility index (Phi) is 6.09. The molecule has 2 aromatic carbocycles. The van der Waals surface area contributed by atoms with Crippen molar-refractivity contribution in [2.75, 3.05) is 5.75 Å². The summed E-state index contributed by atoms with van der Waals surface area (Å²) >= 11 is 2.82. The third kappa shape index (κ3) is 4.53. The zero-order valence-electron chi connectivity index (χ0n) is 13.8. The van der Waals surface area contributed by atoms with Crippen molar-refractivity contribution in [2.45, 2.75) is 10.9 Å². The van der Waals surface area contributed by atoms with E-state index in [9.17, 15) is 14.7 Å². The predicted octanol–water partition coefficient (Wildman–Crippen LogP) is 4.44. The second-order valence-electron chi connectivity index (χ2n) is 5.52. The summed E-state index contributed by atoms with van der Waals surface area (Å²) in [6.07, 6.45) is 0. The number of carbonyl (C=O) groups is 2. The maximum absolute atomic E-state index is 12.5. The minimum Gasteiger partial charge on any atom is -0.478 e. The van der Waals surface area contributed by atoms with Gasteiger partial charge in [0.25, 0.3) is 0 Å². The summed E-state index contributed by atoms with van der Waals surface area (Å²) < 4.78 is 0. The van der Waals surface area contributed by atoms with E-state index in [2.05, 4.69) is 5.32 Å². The third-order valence-corrected chi connectivity index (χ3v) is 5.75. The number of hydrogen-bond acceptors (Lipinski definition) is 4. The molecule has 3 aromatic rings. The van der Waals surface area contributed by atoms with Crippen molar-refractivity contribution in [2.24, 2.45) is 0 Å². The summed E-state index contributed by atoms with van der Waals surface area (Å²) in [5.41, 5.74) is 1.22. The second-order valence-corrected chi connectivity index (χ2v) is 7.51. The van der Waals surface area contributed by atoms with Crippen molar-refractivity contribution in [3.05, 3.63) is 88.1 Å². The van der Waals surface area contributed by atoms with Crippen molar-refractivity contribution < 1.29 is 14.7 Å². The number of thioether (sulfide) groups is 1. The number of nitrogens with one attached hydrogen (secondary N) is 1. The molecule has 132 valence electrons. The maximum atomic E-state index is 12.5. The molecule has 2 N–H and O–H groups in total. The summed E-state index contributed by atoms with van der Waals surface area (Å²) in [5, 5.41) is 14.3. The minimum absolute atomic E-state index is 0.141. The molecule has 6 heteroatoms. The van der Waals surface area contributed by atoms with E-state index in [0.717, 1.165) is 10.4 Å². The van der Waals surface area contributed by atoms with Crippen molar-refractivity contribution in [3.63, 3.8) is 0 Å². The van der Waals surface area contributed by atoms with Crippen LogP contribution in [0.15, 0.2) is 77.0 Å². The van der Waals surface area contributed by atoms with Gasteiger partial charge in [-0.2, -0.15) is 0 Å². The SMILES string of the molecule is O=C(CSc1ccccc1C(=O)O)NC(c1ccccc1)c1cccs1. The molecule has 0 aliphatic heterocycles. The van der Waals surface area contributed by atoms with Crippen LogP contribution in [0, 0.1) is 0 Å². The lowest BCUT2D eigenvalue weighted by atomic mass is 10.1. The zero-order valence-corrected chi connectivity index (χ0v) is 15.4. The average Bonchev–Trinajstić information content (AvgIpc) is 3.19. The molecular formula is C20H17NO3S2. The first-order valence-corrected chi connectivity index (χ1v) is 9.84. The van der Waals surface area contributed by atoms with Crippen LogP contribution in [0.5, 0.6) is 0 Å². The van der Waals surface area contributed by atoms with Gasteiger partial charge in [-0.3, -0.25) is 4.79 Å². The molecule has 0 bridgehead atoms. The molecule has 0 aliphatic rings. The van der Waals surface area contributed by atoms with Crippen LogP contribution >= 0.6 is 23.1 Å². The zero-order chi connectivity index (χ0) is 18.4. The highest BCUT2D eigenvalue weighted by Gasteiger charge is 2.18. The largest absolute Gasteiger partial charge is 0.478 e. The highest BCUT2D eigenvalue weighted by atomic mass is 32.2. The Hall–Kier alpha value is -2.57. The van der Waals surface area contributed by atoms with Gasteiger partial charge in [-0.15, -0.1) is 23.1 Å². The highest BCUT2D eigenvalue weighted by Crippen LogP contribution is 2.27. The molecule has 1 aromatic heterocycles. The lowest BCUT2D eigenvalue weighted by Crippen LogP contribution is -2.30. The van der Waals surface area contributed by atoms with Gasteiger partial charge < -0.3 is 10.4 Å². The molecule has 0 aliphatic carbocycles. The number of aromatic carboxylic acids is 1. The van der Waals surface area contributed by atoms with Gasteiger partial charge in [-0.05, 0) is 29.1 Å². The molecule has 26 heavy (non-hydrogen) atoms. The summed E-state index contributed by atoms with van der Waals surface area (Å²) in [6.45, 7) is 0. The minimum atomic E-state index is -0.991. The van der Waals surface area contributed by atoms with Crippen LogP contribution in [0.3, 0.4) is 0 Å². The second kappa shape index (κ2) is 8.69. The van der Waals surface area contributed by atoms with Crippen molar-refractivity contribution in [1.82, 2.24) is 5.32 Å². The Morgan fingerprint density at radius 1 is 1.00 bits per heavy atom. The Balaban J connectivity index is 1.71. The normalized spacial score (nSPS) is 11.7. The van der Waals surface area contributed by atoms with Crippen LogP contribution in [-0.4, -0.2) is 22.7 Å². The van der Waals surface area contributed by atoms with Crippen LogP contribution in [0.25, 0.3) is 0 Å². The van der Waals surface area contributed by atoms with Gasteiger partial charge >= 0.3 is 5.97 Å². The fraction of sp³-hybridized carbons (Fsp3) is 0.100. The van der Waals surface area contributed by atoms with Gasteiger partial charge in [0.15, 0.2) is 0 Å². The fourth-order valence-electron chi connectivity index (χ4n) is 2.53. The number of carbonyl (C=O) groups excluding carboxylic acids is 1. The van der Waals surface area contributed by atoms with Crippen LogP contribution in [0.4, 0.5) is 0 Å². The number of rotatable bonds is 7. The smallest absolute Gasteiger partial charge is 0.336 e. The summed E-state index contributed by atoms with van der Waals surface area (Å²) in [6, 6.07) is 20.2. The van der Waals surface area contributed by atoms with E-state index in [4.69, 9.17) is 0 Å². The van der Waals surface area contributed by atoms with Crippen LogP contribution in [0.2, 0.25) is 0 Å². The van der Waals surface area contributed by atoms with E-state index in [1.807, 2.05) is 47.8 Å². The van der Waals surface area contributed by atoms with Gasteiger partial charge in [0, 0.05) is 9.77 Å². The van der Waals surface area contributed by atoms with Crippen molar-refractivity contribution in [1.29, 1.82) is 0 Å². The third-order valence-electron chi connectivity index (χ3n) is 3.74. The number of hydrogen-bond donors (Lipinski definition) is 2. The molecular weight excluding hydrogens is 366 g/mol. The molecule has 1 unspecified atom stereocenters. The Morgan fingerprint density at radius 3 is 2.42 bits per heavy atom. The lowest BCUT2D eigenvalue weighted by Gasteiger charge is -2.18. The van der Waals surface area contributed by atoms with Crippen molar-refractivity contribution >= 4 is 35.0 Å². The number of carboxylic acids is 1. The van der Waals surface area contributed by atoms with E-state index in [-0.39, 0.29) is 23.3 Å². The highest BCUT2D eigenvalue weighted by molar-refractivity contribution is 8.00. The van der Waals surface area contributed by atoms with E-state index in [0.29, 0.717) is 4.90 Å². The summed E-state index contributed by atoms with van der Waals surface area (Å²) in [7, 11) is 0. The Morgan fingerprint density at radius 2 is 1.73 bits per heavy atom. The molecule has 1 atom stereocenters. The first-order valence-electron chi connectivity index (χ1n) is 7.98. The van der Waals surface area contributed by atoms with Crippen LogP contribution in [0.1, 0.15) is 26.8 Å². The van der Waals surface area contributed by atoms with Crippen molar-refractivity contribution in [3.8, 4) is 0 Å². The van der Waals surface area contributed by atoms with Gasteiger partial charge in [-0.1, -0.05) is 48.5 Å². The molecule has 1 heterocycles. The number of thiophene rings is 1. The number of amides is 1. The number of carboxylic acid groups (broad SMARTS) is 1. The molecule has 0 fully saturated rings. The quantitative estimate of drug-likeness (QED) is 0.592. The molecule has 0 saturated carbocycles. The standard InChI is InChI=1S/C20H17NO3S2/c22-18(13-26-16-10-5-4-9-15(16)20(23)24)21-19(17-11-6-12-25-17)14-7-2-1-3-8-14/h1-12,19H,13H2,(H,21,22)(H,23,24). The van der Waals surface area contributed by atoms with Gasteiger partial charge in [0.2, 0.25) is 5.91 Å². The monoisotopic (exact) mass is 383 g/mol. The van der Waals surface area contributed by atoms with Gasteiger partial charge in [-0.25, -0.2) is 4.79 Å². The Bertz CT molecular complexity index is 879. The molecule has 0 radical (unpaired) electrons. The first-order chi connectivity index (χ1) is 12.6. The first kappa shape index (κ1) is 18.2. The molecule has 1 amide bonds. The van der Waals surface area contributed by atoms with Crippen LogP contribution < -0.4 is 5.32 Å². The molecule has 0 spiro atoms. The van der Waals surface area contributed by atoms with E-state index in [1.54, 1.807) is 35.6 Å². The number of benzene rings is 2. The van der Waals surface area contributed by atoms with Gasteiger partial charge in [0.1, 0.15) is 0 Å². The van der Waals surface area contributed by atoms with E-state index in [1.165, 1.54) is 11.8 Å². The molecule has 0 saturated heterocycles. The Labute approximate surface area is 159 Å². The fourth-order valence-corrected chi connectivity index (χ4v) is 4.19. The van der Waals surface area contributed by atoms with E-state index >= 15 is 0 Å². The predicted molar refractivity (Wildman–Crippen MR) is 105 cm³/mol. The summed E-state index contributed by atoms with van der Waals surface area (Å²) in [4.78, 5) is 25.4. The maximum Gasteiger partial charge on any atom is 0.336 e. The van der Waals surface area contributed by atoms with Gasteiger partial charge in [0.05, 0.1) is 17.4 Å².